The van der Waals surface area contributed by atoms with Gasteiger partial charge >= 0.3 is 0 Å². The smallest absolute Gasteiger partial charge is 0.291 e. The number of hydrogen-bond acceptors (Lipinski definition) is 6. The molecule has 0 fully saturated rings. The van der Waals surface area contributed by atoms with Crippen LogP contribution in [0.2, 0.25) is 0 Å². The Morgan fingerprint density at radius 3 is 2.30 bits per heavy atom. The minimum atomic E-state index is -0.419. The zero-order valence-corrected chi connectivity index (χ0v) is 13.3. The Hall–Kier alpha value is -3.03. The molecule has 23 heavy (non-hydrogen) atoms. The van der Waals surface area contributed by atoms with E-state index in [0.717, 1.165) is 5.69 Å². The molecule has 0 unspecified atom stereocenters. The molecule has 122 valence electrons. The van der Waals surface area contributed by atoms with Crippen LogP contribution in [0.3, 0.4) is 0 Å². The molecule has 0 aliphatic heterocycles. The Morgan fingerprint density at radius 1 is 1.17 bits per heavy atom. The Bertz CT molecular complexity index is 699. The quantitative estimate of drug-likeness (QED) is 0.621. The van der Waals surface area contributed by atoms with E-state index in [0.29, 0.717) is 22.8 Å². The molecule has 0 aliphatic rings. The van der Waals surface area contributed by atoms with Gasteiger partial charge in [-0.3, -0.25) is 9.89 Å². The number of rotatable bonds is 6. The number of H-pyrrole nitrogens is 1. The van der Waals surface area contributed by atoms with Crippen molar-refractivity contribution in [3.63, 3.8) is 0 Å². The van der Waals surface area contributed by atoms with Gasteiger partial charge in [0.1, 0.15) is 17.2 Å². The predicted molar refractivity (Wildman–Crippen MR) is 84.5 cm³/mol. The number of nitrogens with one attached hydrogen (secondary N) is 2. The third-order valence-electron chi connectivity index (χ3n) is 3.05. The summed E-state index contributed by atoms with van der Waals surface area (Å²) < 4.78 is 15.8. The third-order valence-corrected chi connectivity index (χ3v) is 3.05. The topological polar surface area (TPSA) is 97.8 Å². The van der Waals surface area contributed by atoms with Crippen LogP contribution >= 0.6 is 0 Å². The molecule has 1 aromatic carbocycles. The van der Waals surface area contributed by atoms with Crippen molar-refractivity contribution in [1.82, 2.24) is 15.6 Å². The van der Waals surface area contributed by atoms with Crippen molar-refractivity contribution < 1.29 is 19.0 Å². The number of amides is 1. The Kier molecular flexibility index (Phi) is 5.19. The fraction of sp³-hybridized carbons (Fsp3) is 0.267. The van der Waals surface area contributed by atoms with Gasteiger partial charge in [-0.2, -0.15) is 10.2 Å². The molecule has 0 spiro atoms. The summed E-state index contributed by atoms with van der Waals surface area (Å²) in [5.74, 6) is 1.19. The van der Waals surface area contributed by atoms with E-state index in [1.807, 2.05) is 0 Å². The van der Waals surface area contributed by atoms with E-state index < -0.39 is 5.91 Å². The summed E-state index contributed by atoms with van der Waals surface area (Å²) in [6, 6.07) is 5.02. The van der Waals surface area contributed by atoms with Crippen LogP contribution in [-0.2, 0) is 0 Å². The van der Waals surface area contributed by atoms with E-state index in [1.165, 1.54) is 20.4 Å². The molecule has 1 heterocycles. The predicted octanol–water partition coefficient (Wildman–Crippen LogP) is 1.51. The van der Waals surface area contributed by atoms with Gasteiger partial charge in [-0.1, -0.05) is 0 Å². The second-order valence-electron chi connectivity index (χ2n) is 4.58. The first-order chi connectivity index (χ1) is 11.1. The van der Waals surface area contributed by atoms with Gasteiger partial charge in [0, 0.05) is 17.8 Å². The first-order valence-electron chi connectivity index (χ1n) is 6.74. The van der Waals surface area contributed by atoms with E-state index in [9.17, 15) is 4.79 Å². The molecular weight excluding hydrogens is 300 g/mol. The highest BCUT2D eigenvalue weighted by molar-refractivity contribution is 5.94. The van der Waals surface area contributed by atoms with E-state index in [2.05, 4.69) is 20.7 Å². The first-order valence-corrected chi connectivity index (χ1v) is 6.74. The van der Waals surface area contributed by atoms with Crippen LogP contribution in [0.15, 0.2) is 23.3 Å². The number of carbonyl (C=O) groups is 1. The number of aryl methyl sites for hydroxylation is 1. The maximum Gasteiger partial charge on any atom is 0.291 e. The van der Waals surface area contributed by atoms with Crippen molar-refractivity contribution in [1.29, 1.82) is 0 Å². The highest BCUT2D eigenvalue weighted by Crippen LogP contribution is 2.32. The van der Waals surface area contributed by atoms with Crippen molar-refractivity contribution in [2.24, 2.45) is 5.10 Å². The number of carbonyl (C=O) groups excluding carboxylic acids is 1. The van der Waals surface area contributed by atoms with Gasteiger partial charge in [-0.05, 0) is 13.0 Å². The molecule has 0 bridgehead atoms. The van der Waals surface area contributed by atoms with Gasteiger partial charge in [-0.15, -0.1) is 0 Å². The Labute approximate surface area is 133 Å². The lowest BCUT2D eigenvalue weighted by atomic mass is 10.2. The largest absolute Gasteiger partial charge is 0.496 e. The maximum absolute atomic E-state index is 11.9. The molecule has 0 saturated heterocycles. The molecule has 0 saturated carbocycles. The van der Waals surface area contributed by atoms with Crippen LogP contribution < -0.4 is 19.6 Å². The average Bonchev–Trinajstić information content (AvgIpc) is 3.01. The van der Waals surface area contributed by atoms with E-state index >= 15 is 0 Å². The summed E-state index contributed by atoms with van der Waals surface area (Å²) in [4.78, 5) is 11.9. The molecule has 2 aromatic rings. The normalized spacial score (nSPS) is 10.6. The Balaban J connectivity index is 2.19. The van der Waals surface area contributed by atoms with Crippen LogP contribution in [0, 0.1) is 6.92 Å². The number of methoxy groups -OCH3 is 3. The summed E-state index contributed by atoms with van der Waals surface area (Å²) in [6.07, 6.45) is 1.44. The Morgan fingerprint density at radius 2 is 1.83 bits per heavy atom. The fourth-order valence-corrected chi connectivity index (χ4v) is 1.91. The molecule has 2 N–H and O–H groups in total. The first kappa shape index (κ1) is 16.3. The average molecular weight is 318 g/mol. The SMILES string of the molecule is COc1cc(OC)c(/C=N/NC(=O)c2cc(C)[nH]n2)c(OC)c1. The number of nitrogens with zero attached hydrogens (tertiary/aromatic N) is 2. The van der Waals surface area contributed by atoms with Crippen molar-refractivity contribution in [2.45, 2.75) is 6.92 Å². The number of aromatic nitrogens is 2. The molecule has 8 nitrogen and oxygen atoms in total. The van der Waals surface area contributed by atoms with Crippen LogP contribution in [0.25, 0.3) is 0 Å². The number of hydrogen-bond donors (Lipinski definition) is 2. The molecule has 0 radical (unpaired) electrons. The summed E-state index contributed by atoms with van der Waals surface area (Å²) in [5, 5.41) is 10.5. The van der Waals surface area contributed by atoms with E-state index in [-0.39, 0.29) is 5.69 Å². The molecule has 0 aliphatic carbocycles. The number of aromatic amines is 1. The lowest BCUT2D eigenvalue weighted by Crippen LogP contribution is -2.18. The number of ether oxygens (including phenoxy) is 3. The summed E-state index contributed by atoms with van der Waals surface area (Å²) in [6.45, 7) is 1.81. The molecule has 8 heteroatoms. The molecule has 1 amide bonds. The van der Waals surface area contributed by atoms with Gasteiger partial charge in [0.25, 0.3) is 5.91 Å². The zero-order chi connectivity index (χ0) is 16.8. The van der Waals surface area contributed by atoms with E-state index in [4.69, 9.17) is 14.2 Å². The van der Waals surface area contributed by atoms with Crippen LogP contribution in [0.5, 0.6) is 17.2 Å². The summed E-state index contributed by atoms with van der Waals surface area (Å²) in [7, 11) is 4.60. The minimum absolute atomic E-state index is 0.258. The second kappa shape index (κ2) is 7.30. The lowest BCUT2D eigenvalue weighted by Gasteiger charge is -2.12. The van der Waals surface area contributed by atoms with Crippen molar-refractivity contribution in [3.05, 3.63) is 35.2 Å². The van der Waals surface area contributed by atoms with Gasteiger partial charge in [-0.25, -0.2) is 5.43 Å². The fourth-order valence-electron chi connectivity index (χ4n) is 1.91. The summed E-state index contributed by atoms with van der Waals surface area (Å²) >= 11 is 0. The maximum atomic E-state index is 11.9. The highest BCUT2D eigenvalue weighted by atomic mass is 16.5. The van der Waals surface area contributed by atoms with E-state index in [1.54, 1.807) is 32.2 Å². The highest BCUT2D eigenvalue weighted by Gasteiger charge is 2.12. The summed E-state index contributed by atoms with van der Waals surface area (Å²) in [5.41, 5.74) is 4.02. The van der Waals surface area contributed by atoms with Crippen LogP contribution in [-0.4, -0.2) is 43.6 Å². The number of hydrazone groups is 1. The number of benzene rings is 1. The van der Waals surface area contributed by atoms with Crippen molar-refractivity contribution in [3.8, 4) is 17.2 Å². The van der Waals surface area contributed by atoms with Crippen LogP contribution in [0.4, 0.5) is 0 Å². The van der Waals surface area contributed by atoms with Gasteiger partial charge in [0.05, 0.1) is 33.1 Å². The molecule has 0 atom stereocenters. The standard InChI is InChI=1S/C15H18N4O4/c1-9-5-12(18-17-9)15(20)19-16-8-11-13(22-3)6-10(21-2)7-14(11)23-4/h5-8H,1-4H3,(H,17,18)(H,19,20)/b16-8+. The zero-order valence-electron chi connectivity index (χ0n) is 13.3. The van der Waals surface area contributed by atoms with Crippen molar-refractivity contribution >= 4 is 12.1 Å². The van der Waals surface area contributed by atoms with Gasteiger partial charge < -0.3 is 14.2 Å². The molecular formula is C15H18N4O4. The molecule has 1 aromatic heterocycles. The van der Waals surface area contributed by atoms with Crippen LogP contribution in [0.1, 0.15) is 21.7 Å². The van der Waals surface area contributed by atoms with Gasteiger partial charge in [0.15, 0.2) is 5.69 Å². The monoisotopic (exact) mass is 318 g/mol. The minimum Gasteiger partial charge on any atom is -0.496 e. The van der Waals surface area contributed by atoms with Gasteiger partial charge in [0.2, 0.25) is 0 Å². The third kappa shape index (κ3) is 3.79. The molecule has 2 rings (SSSR count). The van der Waals surface area contributed by atoms with Crippen molar-refractivity contribution in [2.75, 3.05) is 21.3 Å². The lowest BCUT2D eigenvalue weighted by molar-refractivity contribution is 0.0950. The second-order valence-corrected chi connectivity index (χ2v) is 4.58.